The molecule has 1 amide bonds. The highest BCUT2D eigenvalue weighted by Gasteiger charge is 2.38. The summed E-state index contributed by atoms with van der Waals surface area (Å²) in [6.07, 6.45) is 2.52. The van der Waals surface area contributed by atoms with E-state index in [-0.39, 0.29) is 18.1 Å². The van der Waals surface area contributed by atoms with Crippen LogP contribution in [0.2, 0.25) is 0 Å². The van der Waals surface area contributed by atoms with Crippen molar-refractivity contribution in [2.45, 2.75) is 24.8 Å². The highest BCUT2D eigenvalue weighted by atomic mass is 16.6. The van der Waals surface area contributed by atoms with Gasteiger partial charge in [-0.2, -0.15) is 0 Å². The van der Waals surface area contributed by atoms with Gasteiger partial charge in [0, 0.05) is 0 Å². The second-order valence-electron chi connectivity index (χ2n) is 3.74. The van der Waals surface area contributed by atoms with Crippen LogP contribution in [0.4, 0.5) is 5.82 Å². The Hall–Kier alpha value is -1.63. The van der Waals surface area contributed by atoms with Gasteiger partial charge >= 0.3 is 0 Å². The largest absolute Gasteiger partial charge is 0.394 e. The zero-order valence-electron chi connectivity index (χ0n) is 8.06. The number of carbonyl (C=O) groups excluding carboxylic acids is 1. The Balaban J connectivity index is 2.07. The molecule has 1 heterocycles. The number of aromatic nitrogens is 2. The van der Waals surface area contributed by atoms with Crippen LogP contribution in [0.25, 0.3) is 0 Å². The summed E-state index contributed by atoms with van der Waals surface area (Å²) >= 11 is 0. The maximum atomic E-state index is 11.6. The average Bonchev–Trinajstić information content (AvgIpc) is 2.58. The van der Waals surface area contributed by atoms with Gasteiger partial charge in [-0.25, -0.2) is 4.63 Å². The summed E-state index contributed by atoms with van der Waals surface area (Å²) in [5, 5.41) is 18.5. The van der Waals surface area contributed by atoms with Crippen LogP contribution < -0.4 is 11.1 Å². The number of hydrogen-bond donors (Lipinski definition) is 3. The number of carbonyl (C=O) groups is 1. The van der Waals surface area contributed by atoms with Crippen LogP contribution in [0.3, 0.4) is 0 Å². The van der Waals surface area contributed by atoms with Gasteiger partial charge in [-0.3, -0.25) is 4.79 Å². The lowest BCUT2D eigenvalue weighted by atomic mass is 9.77. The van der Waals surface area contributed by atoms with Gasteiger partial charge in [-0.05, 0) is 29.6 Å². The Morgan fingerprint density at radius 3 is 2.73 bits per heavy atom. The quantitative estimate of drug-likeness (QED) is 0.610. The summed E-state index contributed by atoms with van der Waals surface area (Å²) in [7, 11) is 0. The van der Waals surface area contributed by atoms with E-state index < -0.39 is 11.4 Å². The molecule has 82 valence electrons. The van der Waals surface area contributed by atoms with Crippen molar-refractivity contribution in [3.8, 4) is 0 Å². The molecule has 15 heavy (non-hydrogen) atoms. The van der Waals surface area contributed by atoms with E-state index in [1.54, 1.807) is 0 Å². The van der Waals surface area contributed by atoms with Gasteiger partial charge in [-0.1, -0.05) is 0 Å². The molecule has 0 saturated heterocycles. The average molecular weight is 212 g/mol. The lowest BCUT2D eigenvalue weighted by molar-refractivity contribution is 0.0634. The van der Waals surface area contributed by atoms with Crippen LogP contribution in [0.1, 0.15) is 29.8 Å². The van der Waals surface area contributed by atoms with Crippen LogP contribution in [0.15, 0.2) is 4.63 Å². The minimum absolute atomic E-state index is 0.0327. The van der Waals surface area contributed by atoms with E-state index in [0.29, 0.717) is 0 Å². The van der Waals surface area contributed by atoms with E-state index in [2.05, 4.69) is 20.3 Å². The van der Waals surface area contributed by atoms with E-state index in [9.17, 15) is 4.79 Å². The van der Waals surface area contributed by atoms with Gasteiger partial charge < -0.3 is 16.2 Å². The molecule has 1 aliphatic carbocycles. The van der Waals surface area contributed by atoms with Gasteiger partial charge in [0.1, 0.15) is 0 Å². The standard InChI is InChI=1S/C8H12N4O3/c9-6-5(11-15-12-6)7(14)10-8(4-13)2-1-3-8/h13H,1-4H2,(H2,9,12)(H,10,14). The molecule has 0 spiro atoms. The van der Waals surface area contributed by atoms with Crippen LogP contribution in [0.5, 0.6) is 0 Å². The lowest BCUT2D eigenvalue weighted by Gasteiger charge is -2.40. The zero-order chi connectivity index (χ0) is 10.9. The molecule has 0 aliphatic heterocycles. The Morgan fingerprint density at radius 1 is 1.60 bits per heavy atom. The van der Waals surface area contributed by atoms with Crippen LogP contribution in [-0.2, 0) is 0 Å². The monoisotopic (exact) mass is 212 g/mol. The fraction of sp³-hybridized carbons (Fsp3) is 0.625. The molecule has 4 N–H and O–H groups in total. The van der Waals surface area contributed by atoms with Crippen molar-refractivity contribution in [1.29, 1.82) is 0 Å². The number of anilines is 1. The molecule has 2 rings (SSSR count). The normalized spacial score (nSPS) is 18.2. The zero-order valence-corrected chi connectivity index (χ0v) is 8.06. The van der Waals surface area contributed by atoms with E-state index in [4.69, 9.17) is 10.8 Å². The fourth-order valence-corrected chi connectivity index (χ4v) is 1.58. The lowest BCUT2D eigenvalue weighted by Crippen LogP contribution is -2.56. The number of nitrogens with zero attached hydrogens (tertiary/aromatic N) is 2. The molecule has 0 bridgehead atoms. The third kappa shape index (κ3) is 1.65. The molecule has 7 heteroatoms. The molecule has 0 radical (unpaired) electrons. The Labute approximate surface area is 85.6 Å². The minimum atomic E-state index is -0.511. The molecular formula is C8H12N4O3. The van der Waals surface area contributed by atoms with Gasteiger partial charge in [0.2, 0.25) is 11.5 Å². The maximum absolute atomic E-state index is 11.6. The summed E-state index contributed by atoms with van der Waals surface area (Å²) < 4.78 is 4.32. The molecule has 0 aromatic carbocycles. The van der Waals surface area contributed by atoms with Crippen molar-refractivity contribution in [2.75, 3.05) is 12.3 Å². The van der Waals surface area contributed by atoms with E-state index in [0.717, 1.165) is 19.3 Å². The SMILES string of the molecule is Nc1nonc1C(=O)NC1(CO)CCC1. The molecule has 1 saturated carbocycles. The van der Waals surface area contributed by atoms with Gasteiger partial charge in [0.05, 0.1) is 12.1 Å². The first-order valence-electron chi connectivity index (χ1n) is 4.68. The first-order valence-corrected chi connectivity index (χ1v) is 4.68. The molecule has 0 atom stereocenters. The molecular weight excluding hydrogens is 200 g/mol. The maximum Gasteiger partial charge on any atom is 0.277 e. The van der Waals surface area contributed by atoms with Crippen molar-refractivity contribution < 1.29 is 14.5 Å². The summed E-state index contributed by atoms with van der Waals surface area (Å²) in [5.41, 5.74) is 4.83. The molecule has 0 unspecified atom stereocenters. The van der Waals surface area contributed by atoms with Crippen LogP contribution in [-0.4, -0.2) is 33.5 Å². The molecule has 1 aromatic heterocycles. The van der Waals surface area contributed by atoms with Crippen molar-refractivity contribution in [2.24, 2.45) is 0 Å². The van der Waals surface area contributed by atoms with Crippen LogP contribution >= 0.6 is 0 Å². The van der Waals surface area contributed by atoms with Gasteiger partial charge in [0.25, 0.3) is 5.91 Å². The Kier molecular flexibility index (Phi) is 2.31. The molecule has 1 aromatic rings. The first-order chi connectivity index (χ1) is 7.17. The number of amides is 1. The van der Waals surface area contributed by atoms with E-state index in [1.165, 1.54) is 0 Å². The molecule has 1 aliphatic rings. The summed E-state index contributed by atoms with van der Waals surface area (Å²) in [5.74, 6) is -0.498. The number of hydrogen-bond acceptors (Lipinski definition) is 6. The van der Waals surface area contributed by atoms with Crippen molar-refractivity contribution in [3.63, 3.8) is 0 Å². The Morgan fingerprint density at radius 2 is 2.33 bits per heavy atom. The van der Waals surface area contributed by atoms with E-state index in [1.807, 2.05) is 0 Å². The molecule has 1 fully saturated rings. The number of nitrogens with one attached hydrogen (secondary N) is 1. The third-order valence-electron chi connectivity index (χ3n) is 2.72. The predicted octanol–water partition coefficient (Wildman–Crippen LogP) is -0.703. The van der Waals surface area contributed by atoms with E-state index >= 15 is 0 Å². The van der Waals surface area contributed by atoms with Crippen molar-refractivity contribution >= 4 is 11.7 Å². The van der Waals surface area contributed by atoms with Crippen molar-refractivity contribution in [1.82, 2.24) is 15.6 Å². The number of rotatable bonds is 3. The summed E-state index contributed by atoms with van der Waals surface area (Å²) in [6, 6.07) is 0. The number of nitrogen functional groups attached to an aromatic ring is 1. The highest BCUT2D eigenvalue weighted by molar-refractivity contribution is 5.96. The van der Waals surface area contributed by atoms with Gasteiger partial charge in [-0.15, -0.1) is 0 Å². The number of aliphatic hydroxyl groups is 1. The summed E-state index contributed by atoms with van der Waals surface area (Å²) in [6.45, 7) is -0.0794. The molecule has 7 nitrogen and oxygen atoms in total. The topological polar surface area (TPSA) is 114 Å². The first kappa shape index (κ1) is 9.91. The van der Waals surface area contributed by atoms with Crippen molar-refractivity contribution in [3.05, 3.63) is 5.69 Å². The second-order valence-corrected chi connectivity index (χ2v) is 3.74. The minimum Gasteiger partial charge on any atom is -0.394 e. The number of nitrogens with two attached hydrogens (primary N) is 1. The highest BCUT2D eigenvalue weighted by Crippen LogP contribution is 2.31. The summed E-state index contributed by atoms with van der Waals surface area (Å²) in [4.78, 5) is 11.6. The number of aliphatic hydroxyl groups excluding tert-OH is 1. The predicted molar refractivity (Wildman–Crippen MR) is 49.8 cm³/mol. The fourth-order valence-electron chi connectivity index (χ4n) is 1.58. The Bertz CT molecular complexity index is 366. The smallest absolute Gasteiger partial charge is 0.277 e. The van der Waals surface area contributed by atoms with Crippen LogP contribution in [0, 0.1) is 0 Å². The third-order valence-corrected chi connectivity index (χ3v) is 2.72. The second kappa shape index (κ2) is 3.50. The van der Waals surface area contributed by atoms with Gasteiger partial charge in [0.15, 0.2) is 0 Å².